The molecule has 1 unspecified atom stereocenters. The molecule has 0 aromatic heterocycles. The molecule has 0 amide bonds. The average Bonchev–Trinajstić information content (AvgIpc) is 2.44. The molecular formula is C18H30N2S. The van der Waals surface area contributed by atoms with E-state index in [2.05, 4.69) is 73.9 Å². The third kappa shape index (κ3) is 5.23. The Bertz CT molecular complexity index is 441. The van der Waals surface area contributed by atoms with Gasteiger partial charge in [0.15, 0.2) is 0 Å². The zero-order valence-corrected chi connectivity index (χ0v) is 14.8. The zero-order valence-electron chi connectivity index (χ0n) is 14.0. The van der Waals surface area contributed by atoms with Gasteiger partial charge in [0.1, 0.15) is 0 Å². The standard InChI is InChI=1S/C18H30N2S/c1-5-20(6-2)12-15-8-7-9-16(10-15)19-17-11-18(3,4)14-21-13-17/h7-10,17,19H,5-6,11-14H2,1-4H3. The van der Waals surface area contributed by atoms with Gasteiger partial charge in [-0.1, -0.05) is 39.8 Å². The summed E-state index contributed by atoms with van der Waals surface area (Å²) in [4.78, 5) is 2.46. The fourth-order valence-corrected chi connectivity index (χ4v) is 4.33. The van der Waals surface area contributed by atoms with E-state index in [4.69, 9.17) is 0 Å². The summed E-state index contributed by atoms with van der Waals surface area (Å²) >= 11 is 2.08. The van der Waals surface area contributed by atoms with Crippen molar-refractivity contribution in [3.8, 4) is 0 Å². The molecule has 1 saturated heterocycles. The van der Waals surface area contributed by atoms with Gasteiger partial charge < -0.3 is 5.32 Å². The zero-order chi connectivity index (χ0) is 15.3. The minimum Gasteiger partial charge on any atom is -0.381 e. The lowest BCUT2D eigenvalue weighted by Crippen LogP contribution is -2.35. The molecule has 1 fully saturated rings. The van der Waals surface area contributed by atoms with E-state index in [9.17, 15) is 0 Å². The van der Waals surface area contributed by atoms with Crippen LogP contribution < -0.4 is 5.32 Å². The number of nitrogens with one attached hydrogen (secondary N) is 1. The molecule has 21 heavy (non-hydrogen) atoms. The van der Waals surface area contributed by atoms with E-state index >= 15 is 0 Å². The van der Waals surface area contributed by atoms with Crippen molar-refractivity contribution >= 4 is 17.4 Å². The summed E-state index contributed by atoms with van der Waals surface area (Å²) in [5, 5.41) is 3.75. The fraction of sp³-hybridized carbons (Fsp3) is 0.667. The Balaban J connectivity index is 1.97. The molecule has 1 aliphatic heterocycles. The SMILES string of the molecule is CCN(CC)Cc1cccc(NC2CSCC(C)(C)C2)c1. The number of rotatable bonds is 6. The number of hydrogen-bond acceptors (Lipinski definition) is 3. The highest BCUT2D eigenvalue weighted by molar-refractivity contribution is 7.99. The number of nitrogens with zero attached hydrogens (tertiary/aromatic N) is 1. The third-order valence-corrected chi connectivity index (χ3v) is 5.83. The van der Waals surface area contributed by atoms with Crippen molar-refractivity contribution in [2.75, 3.05) is 29.9 Å². The van der Waals surface area contributed by atoms with Crippen molar-refractivity contribution in [1.29, 1.82) is 0 Å². The van der Waals surface area contributed by atoms with Gasteiger partial charge in [0.05, 0.1) is 0 Å². The molecule has 0 aliphatic carbocycles. The summed E-state index contributed by atoms with van der Waals surface area (Å²) in [6.07, 6.45) is 1.26. The lowest BCUT2D eigenvalue weighted by Gasteiger charge is -2.35. The lowest BCUT2D eigenvalue weighted by molar-refractivity contribution is 0.296. The highest BCUT2D eigenvalue weighted by atomic mass is 32.2. The molecule has 118 valence electrons. The van der Waals surface area contributed by atoms with Crippen LogP contribution in [0.3, 0.4) is 0 Å². The Kier molecular flexibility index (Phi) is 6.00. The topological polar surface area (TPSA) is 15.3 Å². The van der Waals surface area contributed by atoms with E-state index in [1.807, 2.05) is 0 Å². The molecule has 1 heterocycles. The average molecular weight is 307 g/mol. The first-order valence-electron chi connectivity index (χ1n) is 8.18. The van der Waals surface area contributed by atoms with Crippen LogP contribution in [0.2, 0.25) is 0 Å². The smallest absolute Gasteiger partial charge is 0.0357 e. The molecule has 0 saturated carbocycles. The Morgan fingerprint density at radius 1 is 1.29 bits per heavy atom. The van der Waals surface area contributed by atoms with Gasteiger partial charge >= 0.3 is 0 Å². The fourth-order valence-electron chi connectivity index (χ4n) is 3.06. The summed E-state index contributed by atoms with van der Waals surface area (Å²) in [6, 6.07) is 9.55. The third-order valence-electron chi connectivity index (χ3n) is 4.21. The van der Waals surface area contributed by atoms with Crippen LogP contribution in [0.4, 0.5) is 5.69 Å². The van der Waals surface area contributed by atoms with Gasteiger partial charge in [-0.2, -0.15) is 11.8 Å². The highest BCUT2D eigenvalue weighted by Crippen LogP contribution is 2.34. The quantitative estimate of drug-likeness (QED) is 0.834. The Morgan fingerprint density at radius 3 is 2.71 bits per heavy atom. The van der Waals surface area contributed by atoms with Crippen LogP contribution in [0.25, 0.3) is 0 Å². The normalized spacial score (nSPS) is 21.5. The molecule has 1 N–H and O–H groups in total. The number of anilines is 1. The Hall–Kier alpha value is -0.670. The maximum absolute atomic E-state index is 3.75. The molecule has 1 aromatic carbocycles. The van der Waals surface area contributed by atoms with Crippen molar-refractivity contribution in [3.05, 3.63) is 29.8 Å². The minimum atomic E-state index is 0.458. The molecule has 1 atom stereocenters. The number of hydrogen-bond donors (Lipinski definition) is 1. The second-order valence-electron chi connectivity index (χ2n) is 6.89. The van der Waals surface area contributed by atoms with E-state index in [-0.39, 0.29) is 0 Å². The van der Waals surface area contributed by atoms with Crippen LogP contribution in [0.1, 0.15) is 39.7 Å². The number of benzene rings is 1. The lowest BCUT2D eigenvalue weighted by atomic mass is 9.88. The monoisotopic (exact) mass is 306 g/mol. The summed E-state index contributed by atoms with van der Waals surface area (Å²) < 4.78 is 0. The predicted molar refractivity (Wildman–Crippen MR) is 96.2 cm³/mol. The van der Waals surface area contributed by atoms with E-state index in [1.165, 1.54) is 29.2 Å². The molecule has 0 spiro atoms. The van der Waals surface area contributed by atoms with Crippen molar-refractivity contribution in [2.45, 2.75) is 46.7 Å². The highest BCUT2D eigenvalue weighted by Gasteiger charge is 2.28. The number of thioether (sulfide) groups is 1. The second-order valence-corrected chi connectivity index (χ2v) is 7.92. The molecule has 2 rings (SSSR count). The summed E-state index contributed by atoms with van der Waals surface area (Å²) in [6.45, 7) is 12.5. The summed E-state index contributed by atoms with van der Waals surface area (Å²) in [5.41, 5.74) is 3.15. The summed E-state index contributed by atoms with van der Waals surface area (Å²) in [5.74, 6) is 2.51. The predicted octanol–water partition coefficient (Wildman–Crippen LogP) is 4.47. The first-order chi connectivity index (χ1) is 10.0. The van der Waals surface area contributed by atoms with E-state index in [0.717, 1.165) is 19.6 Å². The van der Waals surface area contributed by atoms with Gasteiger partial charge in [0, 0.05) is 24.0 Å². The van der Waals surface area contributed by atoms with Crippen molar-refractivity contribution < 1.29 is 0 Å². The van der Waals surface area contributed by atoms with Gasteiger partial charge in [0.25, 0.3) is 0 Å². The first-order valence-corrected chi connectivity index (χ1v) is 9.33. The molecule has 2 nitrogen and oxygen atoms in total. The maximum atomic E-state index is 3.75. The van der Waals surface area contributed by atoms with Gasteiger partial charge in [-0.05, 0) is 48.4 Å². The van der Waals surface area contributed by atoms with Gasteiger partial charge in [-0.25, -0.2) is 0 Å². The second kappa shape index (κ2) is 7.55. The van der Waals surface area contributed by atoms with E-state index in [1.54, 1.807) is 0 Å². The van der Waals surface area contributed by atoms with Gasteiger partial charge in [-0.3, -0.25) is 4.90 Å². The van der Waals surface area contributed by atoms with Crippen LogP contribution >= 0.6 is 11.8 Å². The molecule has 3 heteroatoms. The molecule has 1 aliphatic rings. The van der Waals surface area contributed by atoms with E-state index < -0.39 is 0 Å². The maximum Gasteiger partial charge on any atom is 0.0357 e. The van der Waals surface area contributed by atoms with Crippen molar-refractivity contribution in [1.82, 2.24) is 4.90 Å². The van der Waals surface area contributed by atoms with Gasteiger partial charge in [0.2, 0.25) is 0 Å². The van der Waals surface area contributed by atoms with Crippen molar-refractivity contribution in [3.63, 3.8) is 0 Å². The van der Waals surface area contributed by atoms with Crippen LogP contribution in [-0.4, -0.2) is 35.5 Å². The first kappa shape index (κ1) is 16.7. The Labute approximate surface area is 134 Å². The van der Waals surface area contributed by atoms with Gasteiger partial charge in [-0.15, -0.1) is 0 Å². The van der Waals surface area contributed by atoms with Crippen LogP contribution in [0, 0.1) is 5.41 Å². The van der Waals surface area contributed by atoms with Crippen LogP contribution in [-0.2, 0) is 6.54 Å². The van der Waals surface area contributed by atoms with E-state index in [0.29, 0.717) is 11.5 Å². The van der Waals surface area contributed by atoms with Crippen LogP contribution in [0.5, 0.6) is 0 Å². The van der Waals surface area contributed by atoms with Crippen LogP contribution in [0.15, 0.2) is 24.3 Å². The van der Waals surface area contributed by atoms with Crippen molar-refractivity contribution in [2.24, 2.45) is 5.41 Å². The molecule has 0 bridgehead atoms. The minimum absolute atomic E-state index is 0.458. The summed E-state index contributed by atoms with van der Waals surface area (Å²) in [7, 11) is 0. The Morgan fingerprint density at radius 2 is 2.05 bits per heavy atom. The largest absolute Gasteiger partial charge is 0.381 e. The molecule has 1 aromatic rings. The molecular weight excluding hydrogens is 276 g/mol. The molecule has 0 radical (unpaired) electrons.